The summed E-state index contributed by atoms with van der Waals surface area (Å²) in [6, 6.07) is 0. The Morgan fingerprint density at radius 3 is 2.93 bits per heavy atom. The molecule has 1 unspecified atom stereocenters. The highest BCUT2D eigenvalue weighted by Gasteiger charge is 2.21. The lowest BCUT2D eigenvalue weighted by Gasteiger charge is -2.08. The molecule has 1 heterocycles. The second kappa shape index (κ2) is 4.72. The van der Waals surface area contributed by atoms with E-state index >= 15 is 0 Å². The Kier molecular flexibility index (Phi) is 3.85. The van der Waals surface area contributed by atoms with E-state index in [1.54, 1.807) is 6.92 Å². The van der Waals surface area contributed by atoms with Crippen molar-refractivity contribution >= 4 is 15.7 Å². The lowest BCUT2D eigenvalue weighted by Crippen LogP contribution is -2.33. The van der Waals surface area contributed by atoms with Gasteiger partial charge >= 0.3 is 0 Å². The second-order valence-corrected chi connectivity index (χ2v) is 5.14. The Labute approximate surface area is 83.5 Å². The van der Waals surface area contributed by atoms with Crippen LogP contribution in [0.5, 0.6) is 0 Å². The smallest absolute Gasteiger partial charge is 0.211 e. The highest BCUT2D eigenvalue weighted by atomic mass is 32.2. The van der Waals surface area contributed by atoms with Crippen LogP contribution in [0.2, 0.25) is 0 Å². The number of sulfonamides is 1. The lowest BCUT2D eigenvalue weighted by molar-refractivity contribution is 0.0891. The third-order valence-corrected chi connectivity index (χ3v) is 3.31. The first-order valence-corrected chi connectivity index (χ1v) is 6.11. The maximum absolute atomic E-state index is 11.1. The van der Waals surface area contributed by atoms with Crippen molar-refractivity contribution in [1.29, 1.82) is 0 Å². The van der Waals surface area contributed by atoms with Gasteiger partial charge in [0, 0.05) is 13.0 Å². The van der Waals surface area contributed by atoms with Crippen LogP contribution in [0.4, 0.5) is 0 Å². The first-order chi connectivity index (χ1) is 6.57. The molecule has 1 aliphatic heterocycles. The molecule has 0 aromatic heterocycles. The summed E-state index contributed by atoms with van der Waals surface area (Å²) in [5, 5.41) is 3.72. The molecule has 0 radical (unpaired) electrons. The first-order valence-electron chi connectivity index (χ1n) is 4.46. The molecule has 0 saturated carbocycles. The molecule has 0 amide bonds. The van der Waals surface area contributed by atoms with Crippen LogP contribution in [-0.4, -0.2) is 39.1 Å². The van der Waals surface area contributed by atoms with Gasteiger partial charge in [0.25, 0.3) is 0 Å². The summed E-state index contributed by atoms with van der Waals surface area (Å²) in [6.45, 7) is 2.19. The normalized spacial score (nSPS) is 21.9. The molecule has 0 aliphatic carbocycles. The SMILES string of the molecule is CCS(=O)(=O)NCC1CC(CN)=NO1. The molecule has 1 atom stereocenters. The average molecular weight is 221 g/mol. The Morgan fingerprint density at radius 1 is 1.71 bits per heavy atom. The fraction of sp³-hybridized carbons (Fsp3) is 0.857. The Hall–Kier alpha value is -0.660. The van der Waals surface area contributed by atoms with E-state index < -0.39 is 10.0 Å². The minimum Gasteiger partial charge on any atom is -0.391 e. The van der Waals surface area contributed by atoms with E-state index in [0.29, 0.717) is 13.0 Å². The van der Waals surface area contributed by atoms with Gasteiger partial charge < -0.3 is 10.6 Å². The van der Waals surface area contributed by atoms with Crippen LogP contribution in [-0.2, 0) is 14.9 Å². The van der Waals surface area contributed by atoms with Crippen molar-refractivity contribution in [2.45, 2.75) is 19.4 Å². The van der Waals surface area contributed by atoms with Crippen molar-refractivity contribution in [3.63, 3.8) is 0 Å². The predicted octanol–water partition coefficient (Wildman–Crippen LogP) is -0.971. The first kappa shape index (κ1) is 11.4. The fourth-order valence-corrected chi connectivity index (χ4v) is 1.68. The number of nitrogens with two attached hydrogens (primary N) is 1. The molecule has 6 nitrogen and oxygen atoms in total. The number of nitrogens with zero attached hydrogens (tertiary/aromatic N) is 1. The van der Waals surface area contributed by atoms with E-state index in [0.717, 1.165) is 5.71 Å². The summed E-state index contributed by atoms with van der Waals surface area (Å²) in [5.74, 6) is 0.0737. The van der Waals surface area contributed by atoms with Gasteiger partial charge in [-0.2, -0.15) is 0 Å². The molecule has 0 saturated heterocycles. The molecule has 0 aromatic carbocycles. The van der Waals surface area contributed by atoms with Crippen LogP contribution < -0.4 is 10.5 Å². The van der Waals surface area contributed by atoms with Crippen LogP contribution in [0.3, 0.4) is 0 Å². The third kappa shape index (κ3) is 3.24. The monoisotopic (exact) mass is 221 g/mol. The van der Waals surface area contributed by atoms with Gasteiger partial charge in [0.05, 0.1) is 18.0 Å². The van der Waals surface area contributed by atoms with Crippen LogP contribution in [0.1, 0.15) is 13.3 Å². The molecule has 1 aliphatic rings. The van der Waals surface area contributed by atoms with E-state index in [1.807, 2.05) is 0 Å². The van der Waals surface area contributed by atoms with Crippen LogP contribution in [0.15, 0.2) is 5.16 Å². The third-order valence-electron chi connectivity index (χ3n) is 1.94. The highest BCUT2D eigenvalue weighted by molar-refractivity contribution is 7.89. The second-order valence-electron chi connectivity index (χ2n) is 3.05. The Bertz CT molecular complexity index is 312. The molecule has 82 valence electrons. The molecule has 14 heavy (non-hydrogen) atoms. The van der Waals surface area contributed by atoms with Crippen molar-refractivity contribution in [2.24, 2.45) is 10.9 Å². The fourth-order valence-electron chi connectivity index (χ4n) is 1.04. The van der Waals surface area contributed by atoms with Gasteiger partial charge in [0.1, 0.15) is 6.10 Å². The van der Waals surface area contributed by atoms with Crippen LogP contribution in [0.25, 0.3) is 0 Å². The Balaban J connectivity index is 2.29. The molecule has 0 fully saturated rings. The molecular formula is C7H15N3O3S. The van der Waals surface area contributed by atoms with E-state index in [9.17, 15) is 8.42 Å². The zero-order valence-corrected chi connectivity index (χ0v) is 8.88. The number of hydrogen-bond donors (Lipinski definition) is 2. The van der Waals surface area contributed by atoms with Crippen molar-refractivity contribution < 1.29 is 13.3 Å². The van der Waals surface area contributed by atoms with Gasteiger partial charge in [0.15, 0.2) is 0 Å². The molecule has 0 aromatic rings. The summed E-state index contributed by atoms with van der Waals surface area (Å²) in [6.07, 6.45) is 0.387. The summed E-state index contributed by atoms with van der Waals surface area (Å²) < 4.78 is 24.6. The largest absolute Gasteiger partial charge is 0.391 e. The summed E-state index contributed by atoms with van der Waals surface area (Å²) >= 11 is 0. The van der Waals surface area contributed by atoms with Crippen molar-refractivity contribution in [3.05, 3.63) is 0 Å². The summed E-state index contributed by atoms with van der Waals surface area (Å²) in [7, 11) is -3.14. The number of rotatable bonds is 5. The molecule has 0 spiro atoms. The van der Waals surface area contributed by atoms with E-state index in [1.165, 1.54) is 0 Å². The number of oxime groups is 1. The topological polar surface area (TPSA) is 93.8 Å². The van der Waals surface area contributed by atoms with Crippen LogP contribution in [0, 0.1) is 0 Å². The minimum absolute atomic E-state index is 0.0737. The zero-order chi connectivity index (χ0) is 10.6. The summed E-state index contributed by atoms with van der Waals surface area (Å²) in [4.78, 5) is 4.98. The van der Waals surface area contributed by atoms with Gasteiger partial charge in [-0.15, -0.1) is 0 Å². The zero-order valence-electron chi connectivity index (χ0n) is 8.06. The molecule has 7 heteroatoms. The minimum atomic E-state index is -3.14. The summed E-state index contributed by atoms with van der Waals surface area (Å²) in [5.41, 5.74) is 6.12. The van der Waals surface area contributed by atoms with Gasteiger partial charge in [0.2, 0.25) is 10.0 Å². The maximum atomic E-state index is 11.1. The van der Waals surface area contributed by atoms with Crippen molar-refractivity contribution in [1.82, 2.24) is 4.72 Å². The highest BCUT2D eigenvalue weighted by Crippen LogP contribution is 2.08. The number of hydrogen-bond acceptors (Lipinski definition) is 5. The molecule has 1 rings (SSSR count). The lowest BCUT2D eigenvalue weighted by atomic mass is 10.2. The molecule has 3 N–H and O–H groups in total. The van der Waals surface area contributed by atoms with Gasteiger partial charge in [-0.1, -0.05) is 5.16 Å². The van der Waals surface area contributed by atoms with E-state index in [4.69, 9.17) is 10.6 Å². The van der Waals surface area contributed by atoms with Gasteiger partial charge in [-0.25, -0.2) is 13.1 Å². The van der Waals surface area contributed by atoms with Gasteiger partial charge in [-0.3, -0.25) is 0 Å². The van der Waals surface area contributed by atoms with Gasteiger partial charge in [-0.05, 0) is 6.92 Å². The van der Waals surface area contributed by atoms with Crippen molar-refractivity contribution in [2.75, 3.05) is 18.8 Å². The molecule has 0 bridgehead atoms. The quantitative estimate of drug-likeness (QED) is 0.624. The number of nitrogens with one attached hydrogen (secondary N) is 1. The van der Waals surface area contributed by atoms with Crippen LogP contribution >= 0.6 is 0 Å². The predicted molar refractivity (Wildman–Crippen MR) is 53.4 cm³/mol. The van der Waals surface area contributed by atoms with E-state index in [-0.39, 0.29) is 18.4 Å². The van der Waals surface area contributed by atoms with E-state index in [2.05, 4.69) is 9.88 Å². The maximum Gasteiger partial charge on any atom is 0.211 e. The van der Waals surface area contributed by atoms with Crippen molar-refractivity contribution in [3.8, 4) is 0 Å². The standard InChI is InChI=1S/C7H15N3O3S/c1-2-14(11,12)9-5-7-3-6(4-8)10-13-7/h7,9H,2-5,8H2,1H3. The average Bonchev–Trinajstić information content (AvgIpc) is 2.63. The molecular weight excluding hydrogens is 206 g/mol. The Morgan fingerprint density at radius 2 is 2.43 bits per heavy atom.